The quantitative estimate of drug-likeness (QED) is 0.734. The molecule has 1 aromatic rings. The SMILES string of the molecule is COc1cccc(C2(CCCN(C)C)CCC(Br)C2=O)c1. The molecule has 2 rings (SSSR count). The first-order valence-corrected chi connectivity index (χ1v) is 8.39. The van der Waals surface area contributed by atoms with Crippen LogP contribution in [0.5, 0.6) is 5.75 Å². The molecule has 0 spiro atoms. The largest absolute Gasteiger partial charge is 0.497 e. The van der Waals surface area contributed by atoms with Gasteiger partial charge in [0.25, 0.3) is 0 Å². The van der Waals surface area contributed by atoms with Crippen LogP contribution in [0.4, 0.5) is 0 Å². The third-order valence-electron chi connectivity index (χ3n) is 4.41. The van der Waals surface area contributed by atoms with Crippen molar-refractivity contribution in [1.29, 1.82) is 0 Å². The Kier molecular flexibility index (Phi) is 5.44. The first-order valence-electron chi connectivity index (χ1n) is 7.47. The normalized spacial score (nSPS) is 25.6. The third-order valence-corrected chi connectivity index (χ3v) is 5.29. The zero-order valence-corrected chi connectivity index (χ0v) is 14.6. The van der Waals surface area contributed by atoms with Crippen LogP contribution >= 0.6 is 15.9 Å². The Morgan fingerprint density at radius 1 is 1.43 bits per heavy atom. The first-order chi connectivity index (χ1) is 9.99. The predicted octanol–water partition coefficient (Wildman–Crippen LogP) is 3.40. The van der Waals surface area contributed by atoms with Gasteiger partial charge in [0.2, 0.25) is 0 Å². The zero-order valence-electron chi connectivity index (χ0n) is 13.1. The van der Waals surface area contributed by atoms with Gasteiger partial charge in [0.15, 0.2) is 5.78 Å². The van der Waals surface area contributed by atoms with Crippen molar-refractivity contribution in [2.45, 2.75) is 35.9 Å². The van der Waals surface area contributed by atoms with Crippen molar-refractivity contribution in [3.05, 3.63) is 29.8 Å². The lowest BCUT2D eigenvalue weighted by Gasteiger charge is -2.29. The fourth-order valence-electron chi connectivity index (χ4n) is 3.22. The summed E-state index contributed by atoms with van der Waals surface area (Å²) in [5.41, 5.74) is 0.756. The van der Waals surface area contributed by atoms with E-state index in [1.165, 1.54) is 0 Å². The highest BCUT2D eigenvalue weighted by atomic mass is 79.9. The van der Waals surface area contributed by atoms with Crippen LogP contribution in [0.15, 0.2) is 24.3 Å². The maximum atomic E-state index is 12.8. The number of carbonyl (C=O) groups is 1. The van der Waals surface area contributed by atoms with Crippen molar-refractivity contribution < 1.29 is 9.53 Å². The molecule has 0 saturated heterocycles. The van der Waals surface area contributed by atoms with E-state index in [1.807, 2.05) is 18.2 Å². The summed E-state index contributed by atoms with van der Waals surface area (Å²) in [6.07, 6.45) is 3.76. The summed E-state index contributed by atoms with van der Waals surface area (Å²) in [4.78, 5) is 15.0. The Morgan fingerprint density at radius 2 is 2.19 bits per heavy atom. The maximum Gasteiger partial charge on any atom is 0.156 e. The lowest BCUT2D eigenvalue weighted by Crippen LogP contribution is -2.34. The molecule has 4 heteroatoms. The van der Waals surface area contributed by atoms with E-state index in [9.17, 15) is 4.79 Å². The molecule has 1 fully saturated rings. The Morgan fingerprint density at radius 3 is 2.76 bits per heavy atom. The Balaban J connectivity index is 2.29. The van der Waals surface area contributed by atoms with Crippen molar-refractivity contribution >= 4 is 21.7 Å². The van der Waals surface area contributed by atoms with E-state index in [0.717, 1.165) is 43.5 Å². The summed E-state index contributed by atoms with van der Waals surface area (Å²) < 4.78 is 5.33. The van der Waals surface area contributed by atoms with E-state index < -0.39 is 0 Å². The standard InChI is InChI=1S/C17H24BrNO2/c1-19(2)11-5-9-17(10-8-15(18)16(17)20)13-6-4-7-14(12-13)21-3/h4,6-7,12,15H,5,8-11H2,1-3H3. The smallest absolute Gasteiger partial charge is 0.156 e. The number of alkyl halides is 1. The van der Waals surface area contributed by atoms with Crippen molar-refractivity contribution in [2.75, 3.05) is 27.7 Å². The van der Waals surface area contributed by atoms with Crippen LogP contribution in [0.2, 0.25) is 0 Å². The molecular weight excluding hydrogens is 330 g/mol. The highest BCUT2D eigenvalue weighted by Crippen LogP contribution is 2.45. The van der Waals surface area contributed by atoms with Crippen LogP contribution < -0.4 is 4.74 Å². The van der Waals surface area contributed by atoms with E-state index in [1.54, 1.807) is 7.11 Å². The van der Waals surface area contributed by atoms with E-state index in [4.69, 9.17) is 4.74 Å². The number of carbonyl (C=O) groups excluding carboxylic acids is 1. The summed E-state index contributed by atoms with van der Waals surface area (Å²) in [6.45, 7) is 1.01. The monoisotopic (exact) mass is 353 g/mol. The number of benzene rings is 1. The minimum absolute atomic E-state index is 0.0111. The fraction of sp³-hybridized carbons (Fsp3) is 0.588. The lowest BCUT2D eigenvalue weighted by molar-refractivity contribution is -0.122. The van der Waals surface area contributed by atoms with Gasteiger partial charge >= 0.3 is 0 Å². The minimum Gasteiger partial charge on any atom is -0.497 e. The molecule has 0 amide bonds. The van der Waals surface area contributed by atoms with Crippen molar-refractivity contribution in [1.82, 2.24) is 4.90 Å². The van der Waals surface area contributed by atoms with E-state index in [2.05, 4.69) is 41.0 Å². The van der Waals surface area contributed by atoms with E-state index >= 15 is 0 Å². The number of hydrogen-bond acceptors (Lipinski definition) is 3. The lowest BCUT2D eigenvalue weighted by atomic mass is 9.74. The second kappa shape index (κ2) is 6.93. The van der Waals surface area contributed by atoms with E-state index in [-0.39, 0.29) is 10.2 Å². The topological polar surface area (TPSA) is 29.5 Å². The molecule has 2 unspecified atom stereocenters. The van der Waals surface area contributed by atoms with Crippen LogP contribution in [0, 0.1) is 0 Å². The van der Waals surface area contributed by atoms with Gasteiger partial charge in [0.05, 0.1) is 17.4 Å². The van der Waals surface area contributed by atoms with Gasteiger partial charge in [0, 0.05) is 0 Å². The maximum absolute atomic E-state index is 12.8. The molecule has 1 saturated carbocycles. The number of hydrogen-bond donors (Lipinski definition) is 0. The van der Waals surface area contributed by atoms with Crippen molar-refractivity contribution in [3.8, 4) is 5.75 Å². The molecule has 0 heterocycles. The Hall–Kier alpha value is -0.870. The molecule has 1 aromatic carbocycles. The second-order valence-corrected chi connectivity index (χ2v) is 7.20. The highest BCUT2D eigenvalue weighted by Gasteiger charge is 2.47. The number of rotatable bonds is 6. The molecular formula is C17H24BrNO2. The summed E-state index contributed by atoms with van der Waals surface area (Å²) in [5.74, 6) is 1.15. The molecule has 21 heavy (non-hydrogen) atoms. The third kappa shape index (κ3) is 3.49. The molecule has 1 aliphatic carbocycles. The number of ketones is 1. The van der Waals surface area contributed by atoms with Gasteiger partial charge in [-0.2, -0.15) is 0 Å². The average molecular weight is 354 g/mol. The number of halogens is 1. The number of nitrogens with zero attached hydrogens (tertiary/aromatic N) is 1. The molecule has 0 bridgehead atoms. The molecule has 0 N–H and O–H groups in total. The molecule has 116 valence electrons. The second-order valence-electron chi connectivity index (χ2n) is 6.09. The molecule has 0 radical (unpaired) electrons. The van der Waals surface area contributed by atoms with Gasteiger partial charge < -0.3 is 9.64 Å². The summed E-state index contributed by atoms with van der Waals surface area (Å²) >= 11 is 3.54. The highest BCUT2D eigenvalue weighted by molar-refractivity contribution is 9.10. The van der Waals surface area contributed by atoms with Crippen LogP contribution in [-0.4, -0.2) is 43.3 Å². The molecule has 0 aliphatic heterocycles. The molecule has 3 nitrogen and oxygen atoms in total. The van der Waals surface area contributed by atoms with Gasteiger partial charge in [0.1, 0.15) is 5.75 Å². The Labute approximate surface area is 135 Å². The molecule has 1 aliphatic rings. The molecule has 2 atom stereocenters. The van der Waals surface area contributed by atoms with Crippen LogP contribution in [0.1, 0.15) is 31.2 Å². The first kappa shape index (κ1) is 16.5. The number of ether oxygens (including phenoxy) is 1. The van der Waals surface area contributed by atoms with Gasteiger partial charge in [-0.05, 0) is 64.0 Å². The van der Waals surface area contributed by atoms with Gasteiger partial charge in [-0.15, -0.1) is 0 Å². The van der Waals surface area contributed by atoms with Gasteiger partial charge in [-0.25, -0.2) is 0 Å². The fourth-order valence-corrected chi connectivity index (χ4v) is 3.89. The number of methoxy groups -OCH3 is 1. The summed E-state index contributed by atoms with van der Waals surface area (Å²) in [6, 6.07) is 8.01. The number of Topliss-reactive ketones (excluding diaryl/α,β-unsaturated/α-hetero) is 1. The van der Waals surface area contributed by atoms with Crippen LogP contribution in [0.25, 0.3) is 0 Å². The zero-order chi connectivity index (χ0) is 15.5. The summed E-state index contributed by atoms with van der Waals surface area (Å²) in [5, 5.41) is 0. The van der Waals surface area contributed by atoms with Crippen LogP contribution in [0.3, 0.4) is 0 Å². The van der Waals surface area contributed by atoms with Gasteiger partial charge in [-0.1, -0.05) is 28.1 Å². The summed E-state index contributed by atoms with van der Waals surface area (Å²) in [7, 11) is 5.81. The van der Waals surface area contributed by atoms with Crippen LogP contribution in [-0.2, 0) is 10.2 Å². The van der Waals surface area contributed by atoms with Gasteiger partial charge in [-0.3, -0.25) is 4.79 Å². The van der Waals surface area contributed by atoms with Crippen molar-refractivity contribution in [3.63, 3.8) is 0 Å². The van der Waals surface area contributed by atoms with Crippen molar-refractivity contribution in [2.24, 2.45) is 0 Å². The predicted molar refractivity (Wildman–Crippen MR) is 89.4 cm³/mol. The molecule has 0 aromatic heterocycles. The minimum atomic E-state index is -0.348. The van der Waals surface area contributed by atoms with E-state index in [0.29, 0.717) is 5.78 Å². The average Bonchev–Trinajstić information content (AvgIpc) is 2.76. The Bertz CT molecular complexity index is 503.